The monoisotopic (exact) mass is 456 g/mol. The molecule has 186 valence electrons. The number of nitrogens with zero attached hydrogens (tertiary/aromatic N) is 1. The summed E-state index contributed by atoms with van der Waals surface area (Å²) in [6, 6.07) is 0. The van der Waals surface area contributed by atoms with Gasteiger partial charge in [0.1, 0.15) is 0 Å². The van der Waals surface area contributed by atoms with Crippen molar-refractivity contribution < 1.29 is 28.9 Å². The van der Waals surface area contributed by atoms with Crippen LogP contribution in [0.4, 0.5) is 0 Å². The largest absolute Gasteiger partial charge is 0.390 e. The lowest BCUT2D eigenvalue weighted by Crippen LogP contribution is -2.48. The van der Waals surface area contributed by atoms with Gasteiger partial charge in [-0.25, -0.2) is 0 Å². The van der Waals surface area contributed by atoms with Crippen LogP contribution in [0.3, 0.4) is 0 Å². The van der Waals surface area contributed by atoms with Crippen molar-refractivity contribution in [3.05, 3.63) is 0 Å². The van der Waals surface area contributed by atoms with Crippen LogP contribution in [0.1, 0.15) is 73.1 Å². The van der Waals surface area contributed by atoms with E-state index in [1.54, 1.807) is 19.1 Å². The normalized spacial score (nSPS) is 41.1. The molecule has 2 aliphatic rings. The number of carbonyl (C=O) groups is 2. The van der Waals surface area contributed by atoms with Crippen LogP contribution < -0.4 is 5.32 Å². The van der Waals surface area contributed by atoms with Gasteiger partial charge in [-0.05, 0) is 46.0 Å². The van der Waals surface area contributed by atoms with E-state index in [-0.39, 0.29) is 35.9 Å². The summed E-state index contributed by atoms with van der Waals surface area (Å²) in [6.07, 6.45) is 2.26. The number of ether oxygens (including phenoxy) is 3. The minimum absolute atomic E-state index is 0.0160. The number of amides is 2. The molecule has 2 amide bonds. The maximum Gasteiger partial charge on any atom is 0.225 e. The third-order valence-electron chi connectivity index (χ3n) is 6.90. The number of hydrogen-bond acceptors (Lipinski definition) is 6. The Morgan fingerprint density at radius 1 is 1.16 bits per heavy atom. The molecule has 0 aliphatic carbocycles. The minimum atomic E-state index is -0.924. The zero-order chi connectivity index (χ0) is 24.1. The van der Waals surface area contributed by atoms with Gasteiger partial charge in [0.15, 0.2) is 6.29 Å². The summed E-state index contributed by atoms with van der Waals surface area (Å²) in [4.78, 5) is 26.9. The molecule has 0 aromatic rings. The van der Waals surface area contributed by atoms with Crippen molar-refractivity contribution in [1.82, 2.24) is 10.2 Å². The highest BCUT2D eigenvalue weighted by atomic mass is 16.7. The van der Waals surface area contributed by atoms with Gasteiger partial charge in [-0.1, -0.05) is 13.8 Å². The Balaban J connectivity index is 2.17. The Morgan fingerprint density at radius 3 is 2.50 bits per heavy atom. The van der Waals surface area contributed by atoms with Crippen LogP contribution >= 0.6 is 0 Å². The van der Waals surface area contributed by atoms with E-state index >= 15 is 0 Å². The second-order valence-corrected chi connectivity index (χ2v) is 10.6. The third kappa shape index (κ3) is 7.97. The van der Waals surface area contributed by atoms with Crippen LogP contribution in [0.2, 0.25) is 0 Å². The topological polar surface area (TPSA) is 97.3 Å². The molecule has 8 heteroatoms. The van der Waals surface area contributed by atoms with Gasteiger partial charge in [-0.2, -0.15) is 0 Å². The van der Waals surface area contributed by atoms with E-state index in [4.69, 9.17) is 14.2 Å². The summed E-state index contributed by atoms with van der Waals surface area (Å²) in [5, 5.41) is 13.9. The van der Waals surface area contributed by atoms with Gasteiger partial charge in [0.05, 0.1) is 29.3 Å². The van der Waals surface area contributed by atoms with Gasteiger partial charge < -0.3 is 29.5 Å². The molecular formula is C24H44N2O6. The molecule has 2 fully saturated rings. The second-order valence-electron chi connectivity index (χ2n) is 10.6. The Kier molecular flexibility index (Phi) is 9.52. The molecule has 0 unspecified atom stereocenters. The molecule has 0 radical (unpaired) electrons. The van der Waals surface area contributed by atoms with Gasteiger partial charge in [0, 0.05) is 46.5 Å². The van der Waals surface area contributed by atoms with E-state index in [9.17, 15) is 14.7 Å². The molecule has 0 saturated carbocycles. The van der Waals surface area contributed by atoms with Crippen molar-refractivity contribution >= 4 is 11.8 Å². The predicted molar refractivity (Wildman–Crippen MR) is 122 cm³/mol. The minimum Gasteiger partial charge on any atom is -0.390 e. The van der Waals surface area contributed by atoms with E-state index in [1.807, 2.05) is 34.6 Å². The highest BCUT2D eigenvalue weighted by Gasteiger charge is 2.40. The Hall–Kier alpha value is -1.22. The fourth-order valence-electron chi connectivity index (χ4n) is 5.03. The van der Waals surface area contributed by atoms with Gasteiger partial charge in [0.25, 0.3) is 0 Å². The molecular weight excluding hydrogens is 412 g/mol. The van der Waals surface area contributed by atoms with Crippen LogP contribution in [0.15, 0.2) is 0 Å². The number of methoxy groups -OCH3 is 1. The van der Waals surface area contributed by atoms with Gasteiger partial charge in [0.2, 0.25) is 11.8 Å². The molecule has 2 saturated heterocycles. The number of aliphatic hydroxyl groups is 1. The summed E-state index contributed by atoms with van der Waals surface area (Å²) in [5.74, 6) is -0.474. The average molecular weight is 457 g/mol. The number of rotatable bonds is 3. The van der Waals surface area contributed by atoms with Gasteiger partial charge in [-0.15, -0.1) is 0 Å². The van der Waals surface area contributed by atoms with Gasteiger partial charge >= 0.3 is 0 Å². The first-order chi connectivity index (χ1) is 14.8. The highest BCUT2D eigenvalue weighted by molar-refractivity contribution is 5.80. The summed E-state index contributed by atoms with van der Waals surface area (Å²) < 4.78 is 18.1. The Bertz CT molecular complexity index is 642. The lowest BCUT2D eigenvalue weighted by atomic mass is 9.86. The average Bonchev–Trinajstić information content (AvgIpc) is 2.68. The molecule has 8 nitrogen and oxygen atoms in total. The lowest BCUT2D eigenvalue weighted by Gasteiger charge is -2.42. The van der Waals surface area contributed by atoms with E-state index in [1.165, 1.54) is 0 Å². The molecule has 0 bridgehead atoms. The molecule has 2 heterocycles. The molecule has 32 heavy (non-hydrogen) atoms. The highest BCUT2D eigenvalue weighted by Crippen LogP contribution is 2.34. The number of nitrogens with one attached hydrogen (secondary N) is 1. The van der Waals surface area contributed by atoms with Crippen LogP contribution in [-0.4, -0.2) is 78.8 Å². The van der Waals surface area contributed by atoms with Crippen LogP contribution in [0.25, 0.3) is 0 Å². The summed E-state index contributed by atoms with van der Waals surface area (Å²) in [5.41, 5.74) is -1.27. The fraction of sp³-hybridized carbons (Fsp3) is 0.917. The standard InChI is InChI=1S/C24H44N2O6/c1-16-12-23(4,29)10-8-19(32-21-14-24(5,30-7)13-17(2)31-21)18(3)22(28)25-11-9-20(27)26(6)15-16/h16-19,21,29H,8-15H2,1-7H3,(H,25,28)/t16-,17+,18-,19+,21+,23+,24+/m1/s1. The van der Waals surface area contributed by atoms with Crippen LogP contribution in [-0.2, 0) is 23.8 Å². The van der Waals surface area contributed by atoms with Crippen LogP contribution in [0, 0.1) is 11.8 Å². The van der Waals surface area contributed by atoms with E-state index < -0.39 is 23.9 Å². The van der Waals surface area contributed by atoms with E-state index in [0.717, 1.165) is 6.42 Å². The smallest absolute Gasteiger partial charge is 0.225 e. The summed E-state index contributed by atoms with van der Waals surface area (Å²) in [7, 11) is 3.47. The third-order valence-corrected chi connectivity index (χ3v) is 6.90. The maximum absolute atomic E-state index is 12.8. The molecule has 2 rings (SSSR count). The fourth-order valence-corrected chi connectivity index (χ4v) is 5.03. The predicted octanol–water partition coefficient (Wildman–Crippen LogP) is 2.47. The van der Waals surface area contributed by atoms with E-state index in [2.05, 4.69) is 5.32 Å². The first-order valence-electron chi connectivity index (χ1n) is 11.9. The molecule has 2 N–H and O–H groups in total. The summed E-state index contributed by atoms with van der Waals surface area (Å²) in [6.45, 7) is 10.6. The zero-order valence-electron chi connectivity index (χ0n) is 21.0. The number of carbonyl (C=O) groups excluding carboxylic acids is 2. The Labute approximate surface area is 193 Å². The van der Waals surface area contributed by atoms with Crippen LogP contribution in [0.5, 0.6) is 0 Å². The zero-order valence-corrected chi connectivity index (χ0v) is 21.0. The lowest BCUT2D eigenvalue weighted by molar-refractivity contribution is -0.258. The van der Waals surface area contributed by atoms with Crippen molar-refractivity contribution in [2.24, 2.45) is 11.8 Å². The molecule has 0 aromatic heterocycles. The van der Waals surface area contributed by atoms with Crippen molar-refractivity contribution in [2.75, 3.05) is 27.2 Å². The maximum atomic E-state index is 12.8. The van der Waals surface area contributed by atoms with Crippen molar-refractivity contribution in [1.29, 1.82) is 0 Å². The first kappa shape index (κ1) is 27.0. The molecule has 7 atom stereocenters. The number of hydrogen-bond donors (Lipinski definition) is 2. The quantitative estimate of drug-likeness (QED) is 0.677. The second kappa shape index (κ2) is 11.3. The van der Waals surface area contributed by atoms with Crippen molar-refractivity contribution in [3.63, 3.8) is 0 Å². The molecule has 0 spiro atoms. The SMILES string of the molecule is CO[C@]1(C)C[C@H](O[C@H]2CC[C@](C)(O)C[C@@H](C)CN(C)C(=O)CCNC(=O)[C@@H]2C)O[C@@H](C)C1. The summed E-state index contributed by atoms with van der Waals surface area (Å²) >= 11 is 0. The van der Waals surface area contributed by atoms with Crippen molar-refractivity contribution in [2.45, 2.75) is 103 Å². The Morgan fingerprint density at radius 2 is 1.84 bits per heavy atom. The molecule has 2 aliphatic heterocycles. The van der Waals surface area contributed by atoms with Crippen molar-refractivity contribution in [3.8, 4) is 0 Å². The first-order valence-corrected chi connectivity index (χ1v) is 11.9. The molecule has 0 aromatic carbocycles. The van der Waals surface area contributed by atoms with E-state index in [0.29, 0.717) is 38.8 Å². The van der Waals surface area contributed by atoms with Gasteiger partial charge in [-0.3, -0.25) is 9.59 Å².